The van der Waals surface area contributed by atoms with Crippen LogP contribution in [0.15, 0.2) is 16.6 Å². The van der Waals surface area contributed by atoms with E-state index in [1.807, 2.05) is 26.1 Å². The van der Waals surface area contributed by atoms with Crippen LogP contribution < -0.4 is 11.1 Å². The van der Waals surface area contributed by atoms with Gasteiger partial charge in [-0.3, -0.25) is 0 Å². The van der Waals surface area contributed by atoms with E-state index in [2.05, 4.69) is 21.2 Å². The minimum atomic E-state index is 0.762. The van der Waals surface area contributed by atoms with Gasteiger partial charge in [0.1, 0.15) is 0 Å². The quantitative estimate of drug-likeness (QED) is 0.706. The van der Waals surface area contributed by atoms with Crippen LogP contribution in [-0.4, -0.2) is 7.05 Å². The van der Waals surface area contributed by atoms with Crippen LogP contribution in [0, 0.1) is 6.92 Å². The van der Waals surface area contributed by atoms with Crippen molar-refractivity contribution in [1.82, 2.24) is 0 Å². The average Bonchev–Trinajstić information content (AvgIpc) is 1.96. The number of anilines is 2. The van der Waals surface area contributed by atoms with Crippen LogP contribution in [0.25, 0.3) is 0 Å². The Hall–Kier alpha value is -0.700. The fraction of sp³-hybridized carbons (Fsp3) is 0.250. The van der Waals surface area contributed by atoms with E-state index in [0.717, 1.165) is 15.8 Å². The van der Waals surface area contributed by atoms with Crippen molar-refractivity contribution in [2.24, 2.45) is 0 Å². The molecule has 3 heteroatoms. The number of rotatable bonds is 1. The van der Waals surface area contributed by atoms with Crippen molar-refractivity contribution in [1.29, 1.82) is 0 Å². The Morgan fingerprint density at radius 1 is 1.45 bits per heavy atom. The largest absolute Gasteiger partial charge is 0.396 e. The Balaban J connectivity index is 3.24. The minimum Gasteiger partial charge on any atom is -0.396 e. The Bertz CT molecular complexity index is 271. The lowest BCUT2D eigenvalue weighted by Gasteiger charge is -2.07. The van der Waals surface area contributed by atoms with Crippen LogP contribution in [0.3, 0.4) is 0 Å². The van der Waals surface area contributed by atoms with Crippen molar-refractivity contribution in [2.75, 3.05) is 18.1 Å². The van der Waals surface area contributed by atoms with Gasteiger partial charge < -0.3 is 11.1 Å². The molecule has 0 aromatic heterocycles. The number of nitrogens with two attached hydrogens (primary N) is 1. The van der Waals surface area contributed by atoms with Gasteiger partial charge in [0.05, 0.1) is 11.4 Å². The minimum absolute atomic E-state index is 0.762. The number of benzene rings is 1. The molecule has 0 saturated heterocycles. The van der Waals surface area contributed by atoms with Crippen LogP contribution in [-0.2, 0) is 0 Å². The Morgan fingerprint density at radius 2 is 2.09 bits per heavy atom. The highest BCUT2D eigenvalue weighted by atomic mass is 79.9. The lowest BCUT2D eigenvalue weighted by atomic mass is 10.2. The maximum absolute atomic E-state index is 5.75. The van der Waals surface area contributed by atoms with E-state index in [1.54, 1.807) is 0 Å². The van der Waals surface area contributed by atoms with Gasteiger partial charge in [-0.05, 0) is 40.5 Å². The second-order valence-corrected chi connectivity index (χ2v) is 3.31. The molecule has 0 amide bonds. The molecule has 0 unspecified atom stereocenters. The zero-order valence-electron chi connectivity index (χ0n) is 6.61. The van der Waals surface area contributed by atoms with Gasteiger partial charge in [-0.25, -0.2) is 0 Å². The third kappa shape index (κ3) is 1.66. The van der Waals surface area contributed by atoms with Crippen molar-refractivity contribution in [3.05, 3.63) is 22.2 Å². The molecule has 0 aliphatic heterocycles. The normalized spacial score (nSPS) is 9.73. The van der Waals surface area contributed by atoms with Crippen LogP contribution in [0.5, 0.6) is 0 Å². The second-order valence-electron chi connectivity index (χ2n) is 2.46. The Labute approximate surface area is 74.9 Å². The molecular weight excluding hydrogens is 204 g/mol. The summed E-state index contributed by atoms with van der Waals surface area (Å²) in [6.45, 7) is 2.03. The lowest BCUT2D eigenvalue weighted by Crippen LogP contribution is -1.96. The van der Waals surface area contributed by atoms with Crippen molar-refractivity contribution in [2.45, 2.75) is 6.92 Å². The SMILES string of the molecule is CNc1cc(C)cc(Br)c1N. The summed E-state index contributed by atoms with van der Waals surface area (Å²) in [5.74, 6) is 0. The van der Waals surface area contributed by atoms with Gasteiger partial charge in [0, 0.05) is 11.5 Å². The van der Waals surface area contributed by atoms with Gasteiger partial charge in [0.15, 0.2) is 0 Å². The lowest BCUT2D eigenvalue weighted by molar-refractivity contribution is 1.41. The molecule has 11 heavy (non-hydrogen) atoms. The first kappa shape index (κ1) is 8.40. The van der Waals surface area contributed by atoms with E-state index in [-0.39, 0.29) is 0 Å². The summed E-state index contributed by atoms with van der Waals surface area (Å²) in [5, 5.41) is 3.02. The summed E-state index contributed by atoms with van der Waals surface area (Å²) in [5.41, 5.74) is 8.67. The molecule has 0 aliphatic rings. The third-order valence-electron chi connectivity index (χ3n) is 1.54. The number of halogens is 1. The number of nitrogens with one attached hydrogen (secondary N) is 1. The van der Waals surface area contributed by atoms with E-state index >= 15 is 0 Å². The zero-order valence-corrected chi connectivity index (χ0v) is 8.20. The summed E-state index contributed by atoms with van der Waals surface area (Å²) in [6, 6.07) is 4.01. The van der Waals surface area contributed by atoms with E-state index in [1.165, 1.54) is 5.56 Å². The topological polar surface area (TPSA) is 38.0 Å². The predicted octanol–water partition coefficient (Wildman–Crippen LogP) is 2.38. The summed E-state index contributed by atoms with van der Waals surface area (Å²) >= 11 is 3.37. The maximum atomic E-state index is 5.75. The van der Waals surface area contributed by atoms with Gasteiger partial charge in [-0.15, -0.1) is 0 Å². The fourth-order valence-corrected chi connectivity index (χ4v) is 1.53. The maximum Gasteiger partial charge on any atom is 0.0694 e. The number of nitrogen functional groups attached to an aromatic ring is 1. The molecule has 0 aliphatic carbocycles. The predicted molar refractivity (Wildman–Crippen MR) is 52.8 cm³/mol. The molecule has 3 N–H and O–H groups in total. The van der Waals surface area contributed by atoms with Crippen LogP contribution in [0.1, 0.15) is 5.56 Å². The first-order valence-corrected chi connectivity index (χ1v) is 4.18. The molecule has 0 heterocycles. The summed E-state index contributed by atoms with van der Waals surface area (Å²) in [4.78, 5) is 0. The summed E-state index contributed by atoms with van der Waals surface area (Å²) in [7, 11) is 1.86. The highest BCUT2D eigenvalue weighted by Crippen LogP contribution is 2.28. The highest BCUT2D eigenvalue weighted by molar-refractivity contribution is 9.10. The fourth-order valence-electron chi connectivity index (χ4n) is 0.960. The van der Waals surface area contributed by atoms with Crippen LogP contribution in [0.2, 0.25) is 0 Å². The van der Waals surface area contributed by atoms with E-state index in [9.17, 15) is 0 Å². The third-order valence-corrected chi connectivity index (χ3v) is 2.20. The van der Waals surface area contributed by atoms with Crippen molar-refractivity contribution >= 4 is 27.3 Å². The average molecular weight is 215 g/mol. The Kier molecular flexibility index (Phi) is 2.39. The molecule has 0 atom stereocenters. The number of hydrogen-bond donors (Lipinski definition) is 2. The number of hydrogen-bond acceptors (Lipinski definition) is 2. The molecule has 60 valence electrons. The molecule has 1 aromatic rings. The first-order valence-electron chi connectivity index (χ1n) is 3.38. The standard InChI is InChI=1S/C8H11BrN2/c1-5-3-6(9)8(10)7(4-5)11-2/h3-4,11H,10H2,1-2H3. The van der Waals surface area contributed by atoms with Crippen LogP contribution >= 0.6 is 15.9 Å². The Morgan fingerprint density at radius 3 is 2.64 bits per heavy atom. The highest BCUT2D eigenvalue weighted by Gasteiger charge is 2.01. The van der Waals surface area contributed by atoms with Gasteiger partial charge in [-0.1, -0.05) is 0 Å². The monoisotopic (exact) mass is 214 g/mol. The zero-order chi connectivity index (χ0) is 8.43. The molecule has 2 nitrogen and oxygen atoms in total. The first-order chi connectivity index (χ1) is 5.15. The summed E-state index contributed by atoms with van der Waals surface area (Å²) < 4.78 is 0.946. The molecule has 1 aromatic carbocycles. The van der Waals surface area contributed by atoms with E-state index in [0.29, 0.717) is 0 Å². The van der Waals surface area contributed by atoms with E-state index < -0.39 is 0 Å². The second kappa shape index (κ2) is 3.13. The van der Waals surface area contributed by atoms with Crippen molar-refractivity contribution in [3.8, 4) is 0 Å². The molecule has 0 fully saturated rings. The molecule has 0 bridgehead atoms. The molecule has 0 saturated carbocycles. The van der Waals surface area contributed by atoms with Crippen molar-refractivity contribution < 1.29 is 0 Å². The molecule has 1 rings (SSSR count). The molecular formula is C8H11BrN2. The van der Waals surface area contributed by atoms with Crippen LogP contribution in [0.4, 0.5) is 11.4 Å². The van der Waals surface area contributed by atoms with Gasteiger partial charge in [0.25, 0.3) is 0 Å². The smallest absolute Gasteiger partial charge is 0.0694 e. The van der Waals surface area contributed by atoms with Crippen molar-refractivity contribution in [3.63, 3.8) is 0 Å². The summed E-state index contributed by atoms with van der Waals surface area (Å²) in [6.07, 6.45) is 0. The number of aryl methyl sites for hydroxylation is 1. The molecule has 0 radical (unpaired) electrons. The van der Waals surface area contributed by atoms with Gasteiger partial charge in [-0.2, -0.15) is 0 Å². The van der Waals surface area contributed by atoms with Gasteiger partial charge >= 0.3 is 0 Å². The van der Waals surface area contributed by atoms with E-state index in [4.69, 9.17) is 5.73 Å². The molecule has 0 spiro atoms. The van der Waals surface area contributed by atoms with Gasteiger partial charge in [0.2, 0.25) is 0 Å².